The molecule has 1 aliphatic rings. The van der Waals surface area contributed by atoms with Gasteiger partial charge in [0.15, 0.2) is 0 Å². The van der Waals surface area contributed by atoms with Crippen LogP contribution in [0.5, 0.6) is 0 Å². The highest BCUT2D eigenvalue weighted by molar-refractivity contribution is 7.49. The Morgan fingerprint density at radius 2 is 0.296 bits per heavy atom. The van der Waals surface area contributed by atoms with Crippen molar-refractivity contribution in [2.45, 2.75) is 103 Å². The van der Waals surface area contributed by atoms with Crippen LogP contribution in [0.4, 0.5) is 0 Å². The first-order chi connectivity index (χ1) is 47.9. The fraction of sp³-hybridized carbons (Fsp3) is 0.211. The van der Waals surface area contributed by atoms with Gasteiger partial charge in [0.2, 0.25) is 0 Å². The zero-order chi connectivity index (χ0) is 67.6. The molecule has 1 aliphatic carbocycles. The Morgan fingerprint density at radius 1 is 0.173 bits per heavy atom. The minimum atomic E-state index is -5.14. The summed E-state index contributed by atoms with van der Waals surface area (Å²) in [5.74, 6) is 0. The minimum absolute atomic E-state index is 0.306. The number of phosphoric acid groups is 4. The van der Waals surface area contributed by atoms with E-state index in [1.165, 1.54) is 0 Å². The highest BCUT2D eigenvalue weighted by Gasteiger charge is 2.62. The quantitative estimate of drug-likeness (QED) is 0.0331. The number of hydrogen-bond acceptors (Lipinski definition) is 18. The molecular weight excluding hydrogens is 1320 g/mol. The van der Waals surface area contributed by atoms with Gasteiger partial charge in [-0.3, -0.25) is 54.3 Å². The lowest BCUT2D eigenvalue weighted by molar-refractivity contribution is -0.240. The van der Waals surface area contributed by atoms with E-state index in [1.54, 1.807) is 243 Å². The van der Waals surface area contributed by atoms with Crippen molar-refractivity contribution in [1.29, 1.82) is 0 Å². The summed E-state index contributed by atoms with van der Waals surface area (Å²) in [5.41, 5.74) is 5.79. The van der Waals surface area contributed by atoms with Gasteiger partial charge in [-0.05, 0) is 55.6 Å². The maximum atomic E-state index is 16.5. The molecule has 508 valence electrons. The van der Waals surface area contributed by atoms with Gasteiger partial charge in [0.25, 0.3) is 0 Å². The Labute approximate surface area is 572 Å². The lowest BCUT2D eigenvalue weighted by atomic mass is 9.84. The van der Waals surface area contributed by atoms with Crippen molar-refractivity contribution in [2.75, 3.05) is 0 Å². The molecule has 11 rings (SSSR count). The van der Waals surface area contributed by atoms with Crippen molar-refractivity contribution in [1.82, 2.24) is 0 Å². The Kier molecular flexibility index (Phi) is 26.8. The van der Waals surface area contributed by atoms with Crippen LogP contribution in [-0.2, 0) is 148 Å². The van der Waals surface area contributed by atoms with Crippen molar-refractivity contribution in [3.63, 3.8) is 0 Å². The average molecular weight is 1400 g/mol. The molecule has 0 bridgehead atoms. The normalized spacial score (nSPS) is 17.5. The fourth-order valence-electron chi connectivity index (χ4n) is 10.3. The topological polar surface area (TPSA) is 197 Å². The van der Waals surface area contributed by atoms with E-state index < -0.39 is 67.9 Å². The van der Waals surface area contributed by atoms with Gasteiger partial charge in [-0.15, -0.1) is 0 Å². The van der Waals surface area contributed by atoms with Gasteiger partial charge < -0.3 is 9.47 Å². The second-order valence-electron chi connectivity index (χ2n) is 22.7. The molecular formula is C76H76O18P4. The van der Waals surface area contributed by atoms with E-state index in [9.17, 15) is 0 Å². The van der Waals surface area contributed by atoms with Gasteiger partial charge in [-0.25, -0.2) is 18.3 Å². The van der Waals surface area contributed by atoms with Gasteiger partial charge in [0.05, 0.1) is 66.1 Å². The smallest absolute Gasteiger partial charge is 0.368 e. The molecule has 0 spiro atoms. The molecule has 10 aromatic carbocycles. The van der Waals surface area contributed by atoms with Crippen LogP contribution < -0.4 is 0 Å². The molecule has 18 nitrogen and oxygen atoms in total. The molecule has 0 radical (unpaired) electrons. The molecule has 1 fully saturated rings. The Hall–Kier alpha value is -7.44. The van der Waals surface area contributed by atoms with Crippen molar-refractivity contribution in [3.8, 4) is 0 Å². The fourth-order valence-corrected chi connectivity index (χ4v) is 15.7. The second kappa shape index (κ2) is 36.6. The monoisotopic (exact) mass is 1400 g/mol. The van der Waals surface area contributed by atoms with Crippen LogP contribution in [0, 0.1) is 0 Å². The SMILES string of the molecule is O=P(OCc1ccccc1)(OCc1ccccc1)O[C@@H]1C(OCc2ccccc2)[C@@H](OP(=O)(OCc2ccccc2)OCc2ccccc2)[C@@H](OP(=O)(OCc2ccccc2)OCc2ccccc2)C(OCc2ccccc2)[C@H]1OP(=O)(OCc1ccccc1)OCc1ccccc1. The van der Waals surface area contributed by atoms with Crippen LogP contribution in [0.15, 0.2) is 303 Å². The van der Waals surface area contributed by atoms with E-state index in [2.05, 4.69) is 0 Å². The van der Waals surface area contributed by atoms with Gasteiger partial charge >= 0.3 is 31.3 Å². The third-order valence-corrected chi connectivity index (χ3v) is 20.9. The minimum Gasteiger partial charge on any atom is -0.368 e. The highest BCUT2D eigenvalue weighted by atomic mass is 31.2. The first kappa shape index (κ1) is 71.8. The first-order valence-corrected chi connectivity index (χ1v) is 37.7. The number of rotatable bonds is 38. The van der Waals surface area contributed by atoms with Crippen molar-refractivity contribution < 1.29 is 82.0 Å². The molecule has 0 aromatic heterocycles. The lowest BCUT2D eigenvalue weighted by Crippen LogP contribution is -2.67. The third-order valence-electron chi connectivity index (χ3n) is 15.4. The van der Waals surface area contributed by atoms with Crippen LogP contribution >= 0.6 is 31.3 Å². The summed E-state index contributed by atoms with van der Waals surface area (Å²) < 4.78 is 160. The molecule has 0 saturated heterocycles. The van der Waals surface area contributed by atoms with Crippen LogP contribution in [0.3, 0.4) is 0 Å². The summed E-state index contributed by atoms with van der Waals surface area (Å²) in [6.07, 6.45) is -11.8. The number of phosphoric ester groups is 4. The van der Waals surface area contributed by atoms with Gasteiger partial charge in [0, 0.05) is 0 Å². The molecule has 2 unspecified atom stereocenters. The van der Waals surface area contributed by atoms with Crippen molar-refractivity contribution >= 4 is 31.3 Å². The van der Waals surface area contributed by atoms with E-state index in [4.69, 9.17) is 63.8 Å². The summed E-state index contributed by atoms with van der Waals surface area (Å²) in [7, 11) is -20.5. The van der Waals surface area contributed by atoms with E-state index in [0.717, 1.165) is 0 Å². The number of ether oxygens (including phenoxy) is 2. The molecule has 10 aromatic rings. The van der Waals surface area contributed by atoms with Crippen LogP contribution in [0.1, 0.15) is 55.6 Å². The summed E-state index contributed by atoms with van der Waals surface area (Å²) in [4.78, 5) is 0. The molecule has 98 heavy (non-hydrogen) atoms. The van der Waals surface area contributed by atoms with Crippen LogP contribution in [0.25, 0.3) is 0 Å². The molecule has 0 N–H and O–H groups in total. The second-order valence-corrected chi connectivity index (χ2v) is 29.2. The number of benzene rings is 10. The summed E-state index contributed by atoms with van der Waals surface area (Å²) >= 11 is 0. The number of hydrogen-bond donors (Lipinski definition) is 0. The Balaban J connectivity index is 1.15. The van der Waals surface area contributed by atoms with Gasteiger partial charge in [-0.1, -0.05) is 303 Å². The molecule has 6 atom stereocenters. The van der Waals surface area contributed by atoms with E-state index in [-0.39, 0.29) is 66.1 Å². The summed E-state index contributed by atoms with van der Waals surface area (Å²) in [6.45, 7) is -3.31. The van der Waals surface area contributed by atoms with E-state index in [1.807, 2.05) is 60.7 Å². The van der Waals surface area contributed by atoms with E-state index >= 15 is 18.3 Å². The first-order valence-electron chi connectivity index (χ1n) is 31.9. The molecule has 0 amide bonds. The zero-order valence-corrected chi connectivity index (χ0v) is 57.1. The maximum Gasteiger partial charge on any atom is 0.475 e. The summed E-state index contributed by atoms with van der Waals surface area (Å²) in [6, 6.07) is 89.5. The summed E-state index contributed by atoms with van der Waals surface area (Å²) in [5, 5.41) is 0. The predicted octanol–water partition coefficient (Wildman–Crippen LogP) is 18.9. The predicted molar refractivity (Wildman–Crippen MR) is 370 cm³/mol. The molecule has 1 saturated carbocycles. The Bertz CT molecular complexity index is 3450. The maximum absolute atomic E-state index is 16.5. The van der Waals surface area contributed by atoms with Crippen molar-refractivity contribution in [3.05, 3.63) is 359 Å². The molecule has 0 aliphatic heterocycles. The van der Waals surface area contributed by atoms with Crippen LogP contribution in [-0.4, -0.2) is 36.6 Å². The standard InChI is InChI=1S/C76H76O18P4/c77-95(83-53-63-35-15-3-16-36-63,84-54-64-37-17-4-18-38-64)91-73-71(81-51-61-31-11-1-12-32-61)74(92-96(78,85-55-65-39-19-5-20-40-65)86-56-66-41-21-6-22-42-66)76(94-98(80,89-59-69-47-27-9-28-48-69)90-60-70-49-29-10-30-50-70)72(82-52-62-33-13-2-14-34-62)75(73)93-97(79,87-57-67-43-23-7-24-44-67)88-58-68-45-25-8-26-46-68/h1-50,71-76H,51-60H2/t71?,72?,73-,74-,75-,76+/m1/s1. The lowest BCUT2D eigenvalue weighted by Gasteiger charge is -2.50. The molecule has 22 heteroatoms. The molecule has 0 heterocycles. The zero-order valence-electron chi connectivity index (χ0n) is 53.5. The largest absolute Gasteiger partial charge is 0.475 e. The van der Waals surface area contributed by atoms with Gasteiger partial charge in [-0.2, -0.15) is 0 Å². The third kappa shape index (κ3) is 22.3. The van der Waals surface area contributed by atoms with Gasteiger partial charge in [0.1, 0.15) is 36.6 Å². The average Bonchev–Trinajstić information content (AvgIpc) is 0.743. The van der Waals surface area contributed by atoms with Crippen molar-refractivity contribution in [2.24, 2.45) is 0 Å². The highest BCUT2D eigenvalue weighted by Crippen LogP contribution is 2.63. The van der Waals surface area contributed by atoms with E-state index in [0.29, 0.717) is 55.6 Å². The van der Waals surface area contributed by atoms with Crippen LogP contribution in [0.2, 0.25) is 0 Å². The Morgan fingerprint density at radius 3 is 0.429 bits per heavy atom.